The number of ketones is 1. The second-order valence-electron chi connectivity index (χ2n) is 15.4. The molecule has 12 heteroatoms. The normalized spacial score (nSPS) is 14.6. The summed E-state index contributed by atoms with van der Waals surface area (Å²) in [5, 5.41) is 16.0. The lowest BCUT2D eigenvalue weighted by atomic mass is 10.0. The van der Waals surface area contributed by atoms with E-state index in [1.165, 1.54) is 0 Å². The van der Waals surface area contributed by atoms with Crippen LogP contribution in [0.5, 0.6) is 5.75 Å². The smallest absolute Gasteiger partial charge is 0.272 e. The number of aryl methyl sites for hydroxylation is 2. The first-order chi connectivity index (χ1) is 29.1. The molecule has 304 valence electrons. The molecule has 0 aliphatic carbocycles. The molecule has 12 nitrogen and oxygen atoms in total. The number of fused-ring (bicyclic) bond motifs is 2. The van der Waals surface area contributed by atoms with Gasteiger partial charge in [0, 0.05) is 68.5 Å². The quantitative estimate of drug-likeness (QED) is 0.102. The third-order valence-corrected chi connectivity index (χ3v) is 11.0. The van der Waals surface area contributed by atoms with Crippen molar-refractivity contribution in [2.24, 2.45) is 19.1 Å². The highest BCUT2D eigenvalue weighted by Crippen LogP contribution is 2.34. The highest BCUT2D eigenvalue weighted by Gasteiger charge is 2.31. The van der Waals surface area contributed by atoms with Crippen LogP contribution in [-0.4, -0.2) is 61.4 Å². The summed E-state index contributed by atoms with van der Waals surface area (Å²) in [5.74, 6) is -0.155. The molecule has 1 saturated heterocycles. The van der Waals surface area contributed by atoms with Gasteiger partial charge in [-0.3, -0.25) is 24.2 Å². The Morgan fingerprint density at radius 2 is 1.55 bits per heavy atom. The van der Waals surface area contributed by atoms with E-state index in [4.69, 9.17) is 4.74 Å². The lowest BCUT2D eigenvalue weighted by molar-refractivity contribution is -0.115. The van der Waals surface area contributed by atoms with Gasteiger partial charge in [0.2, 0.25) is 5.91 Å². The molecule has 60 heavy (non-hydrogen) atoms. The van der Waals surface area contributed by atoms with E-state index in [9.17, 15) is 24.3 Å². The second-order valence-corrected chi connectivity index (χ2v) is 15.4. The summed E-state index contributed by atoms with van der Waals surface area (Å²) < 4.78 is 9.67. The molecule has 3 amide bonds. The van der Waals surface area contributed by atoms with Gasteiger partial charge >= 0.3 is 0 Å². The summed E-state index contributed by atoms with van der Waals surface area (Å²) in [4.78, 5) is 59.4. The number of aliphatic imine (C=N–C) groups is 1. The highest BCUT2D eigenvalue weighted by molar-refractivity contribution is 6.04. The van der Waals surface area contributed by atoms with Gasteiger partial charge < -0.3 is 34.5 Å². The molecule has 0 unspecified atom stereocenters. The third-order valence-electron chi connectivity index (χ3n) is 11.0. The minimum absolute atomic E-state index is 0.0253. The van der Waals surface area contributed by atoms with E-state index in [-0.39, 0.29) is 55.6 Å². The van der Waals surface area contributed by atoms with Crippen LogP contribution in [0, 0.1) is 0 Å². The average Bonchev–Trinajstić information content (AvgIpc) is 3.79. The summed E-state index contributed by atoms with van der Waals surface area (Å²) in [5.41, 5.74) is 8.00. The minimum atomic E-state index is -0.293. The van der Waals surface area contributed by atoms with E-state index < -0.39 is 0 Å². The van der Waals surface area contributed by atoms with Crippen molar-refractivity contribution in [2.75, 3.05) is 17.2 Å². The zero-order chi connectivity index (χ0) is 41.8. The lowest BCUT2D eigenvalue weighted by Gasteiger charge is -2.32. The molecule has 2 aliphatic heterocycles. The molecule has 6 aromatic rings. The van der Waals surface area contributed by atoms with Crippen LogP contribution in [0.25, 0.3) is 11.1 Å². The molecule has 0 spiro atoms. The Hall–Kier alpha value is -7.05. The van der Waals surface area contributed by atoms with Gasteiger partial charge in [0.1, 0.15) is 18.1 Å². The van der Waals surface area contributed by atoms with E-state index in [2.05, 4.69) is 15.6 Å². The summed E-state index contributed by atoms with van der Waals surface area (Å²) in [6.07, 6.45) is 8.65. The summed E-state index contributed by atoms with van der Waals surface area (Å²) in [6, 6.07) is 31.4. The number of carbonyl (C=O) groups is 4. The first-order valence-electron chi connectivity index (χ1n) is 20.1. The fourth-order valence-corrected chi connectivity index (χ4v) is 7.88. The number of benzene rings is 4. The van der Waals surface area contributed by atoms with Crippen molar-refractivity contribution in [2.45, 2.75) is 51.4 Å². The fraction of sp³-hybridized carbons (Fsp3) is 0.229. The standard InChI is InChI=1S/C48H46N6O6/c1-52-27-35(23-43(52)47(58)51-37-11-4-3-5-12-37)34-16-14-31(15-17-34)20-44(56)42-24-38(28-53(42)2)50-46(57)21-32-9-8-10-33(19-32)30-60-45-25-41-40(22-36(45)29-55)48(59)54-18-7-6-13-39(54)26-49-41/h3-5,8-12,14-17,19,22-28,39,55H,6-7,13,18,20-21,29-30H2,1-2H3,(H,50,57)(H,51,58)/t39-/m0/s1. The van der Waals surface area contributed by atoms with Crippen molar-refractivity contribution in [1.82, 2.24) is 14.0 Å². The number of amides is 3. The number of para-hydroxylation sites is 1. The number of ether oxygens (including phenoxy) is 1. The van der Waals surface area contributed by atoms with Crippen LogP contribution in [0.1, 0.15) is 72.9 Å². The number of aromatic nitrogens is 2. The maximum Gasteiger partial charge on any atom is 0.272 e. The Morgan fingerprint density at radius 3 is 2.35 bits per heavy atom. The fourth-order valence-electron chi connectivity index (χ4n) is 7.88. The molecular weight excluding hydrogens is 757 g/mol. The monoisotopic (exact) mass is 802 g/mol. The highest BCUT2D eigenvalue weighted by atomic mass is 16.5. The number of anilines is 2. The van der Waals surface area contributed by atoms with Crippen LogP contribution < -0.4 is 15.4 Å². The molecule has 2 aromatic heterocycles. The van der Waals surface area contributed by atoms with Gasteiger partial charge in [-0.15, -0.1) is 0 Å². The number of carbonyl (C=O) groups excluding carboxylic acids is 4. The zero-order valence-electron chi connectivity index (χ0n) is 33.6. The van der Waals surface area contributed by atoms with Gasteiger partial charge in [0.25, 0.3) is 11.8 Å². The lowest BCUT2D eigenvalue weighted by Crippen LogP contribution is -2.43. The topological polar surface area (TPSA) is 147 Å². The van der Waals surface area contributed by atoms with Crippen molar-refractivity contribution in [1.29, 1.82) is 0 Å². The number of aliphatic hydroxyl groups excluding tert-OH is 1. The molecule has 1 atom stereocenters. The number of hydrogen-bond donors (Lipinski definition) is 3. The van der Waals surface area contributed by atoms with Crippen LogP contribution in [0.2, 0.25) is 0 Å². The van der Waals surface area contributed by atoms with Crippen molar-refractivity contribution in [3.05, 3.63) is 155 Å². The largest absolute Gasteiger partial charge is 0.488 e. The molecule has 2 aliphatic rings. The number of nitrogens with one attached hydrogen (secondary N) is 2. The number of Topliss-reactive ketones (excluding diaryl/α,β-unsaturated/α-hetero) is 1. The number of nitrogens with zero attached hydrogens (tertiary/aromatic N) is 4. The zero-order valence-corrected chi connectivity index (χ0v) is 33.6. The predicted octanol–water partition coefficient (Wildman–Crippen LogP) is 7.67. The molecule has 3 N–H and O–H groups in total. The Kier molecular flexibility index (Phi) is 11.6. The number of hydrogen-bond acceptors (Lipinski definition) is 7. The number of rotatable bonds is 13. The van der Waals surface area contributed by atoms with Crippen molar-refractivity contribution >= 4 is 46.8 Å². The second kappa shape index (κ2) is 17.4. The van der Waals surface area contributed by atoms with Gasteiger partial charge in [-0.1, -0.05) is 66.7 Å². The molecule has 1 fully saturated rings. The van der Waals surface area contributed by atoms with Crippen LogP contribution in [0.4, 0.5) is 17.1 Å². The van der Waals surface area contributed by atoms with Gasteiger partial charge in [0.05, 0.1) is 41.7 Å². The van der Waals surface area contributed by atoms with E-state index in [0.29, 0.717) is 46.2 Å². The SMILES string of the molecule is Cn1cc(NC(=O)Cc2cccc(COc3cc4c(cc3CO)C(=O)N3CCCC[C@H]3C=N4)c2)cc1C(=O)Cc1ccc(-c2cc(C(=O)Nc3ccccc3)n(C)c2)cc1. The Bertz CT molecular complexity index is 2610. The molecule has 4 aromatic carbocycles. The predicted molar refractivity (Wildman–Crippen MR) is 231 cm³/mol. The Balaban J connectivity index is 0.856. The van der Waals surface area contributed by atoms with Crippen LogP contribution in [0.15, 0.2) is 121 Å². The van der Waals surface area contributed by atoms with E-state index in [1.54, 1.807) is 40.6 Å². The van der Waals surface area contributed by atoms with Crippen molar-refractivity contribution < 1.29 is 29.0 Å². The molecule has 4 heterocycles. The van der Waals surface area contributed by atoms with Gasteiger partial charge in [-0.25, -0.2) is 0 Å². The van der Waals surface area contributed by atoms with Crippen molar-refractivity contribution in [3.8, 4) is 16.9 Å². The van der Waals surface area contributed by atoms with Crippen molar-refractivity contribution in [3.63, 3.8) is 0 Å². The van der Waals surface area contributed by atoms with Gasteiger partial charge in [-0.05, 0) is 71.8 Å². The Morgan fingerprint density at radius 1 is 0.767 bits per heavy atom. The minimum Gasteiger partial charge on any atom is -0.488 e. The van der Waals surface area contributed by atoms with E-state index >= 15 is 0 Å². The molecular formula is C48H46N6O6. The average molecular weight is 803 g/mol. The van der Waals surface area contributed by atoms with Crippen LogP contribution >= 0.6 is 0 Å². The first kappa shape index (κ1) is 39.8. The maximum absolute atomic E-state index is 13.4. The third kappa shape index (κ3) is 8.84. The van der Waals surface area contributed by atoms with E-state index in [1.807, 2.05) is 109 Å². The molecule has 0 bridgehead atoms. The maximum atomic E-state index is 13.4. The summed E-state index contributed by atoms with van der Waals surface area (Å²) >= 11 is 0. The summed E-state index contributed by atoms with van der Waals surface area (Å²) in [7, 11) is 3.61. The Labute approximate surface area is 348 Å². The molecule has 8 rings (SSSR count). The number of aliphatic hydroxyl groups is 1. The van der Waals surface area contributed by atoms with Crippen LogP contribution in [-0.2, 0) is 44.9 Å². The number of piperidine rings is 1. The van der Waals surface area contributed by atoms with Crippen LogP contribution in [0.3, 0.4) is 0 Å². The van der Waals surface area contributed by atoms with Gasteiger partial charge in [0.15, 0.2) is 5.78 Å². The van der Waals surface area contributed by atoms with Gasteiger partial charge in [-0.2, -0.15) is 0 Å². The first-order valence-corrected chi connectivity index (χ1v) is 20.1. The molecule has 0 saturated carbocycles. The molecule has 0 radical (unpaired) electrons. The van der Waals surface area contributed by atoms with E-state index in [0.717, 1.165) is 52.8 Å². The summed E-state index contributed by atoms with van der Waals surface area (Å²) in [6.45, 7) is 0.581.